The summed E-state index contributed by atoms with van der Waals surface area (Å²) < 4.78 is 37.9. The number of hydrogen-bond donors (Lipinski definition) is 1. The van der Waals surface area contributed by atoms with Crippen molar-refractivity contribution >= 4 is 11.9 Å². The molecule has 0 saturated carbocycles. The number of nitrogens with zero attached hydrogens (tertiary/aromatic N) is 7. The van der Waals surface area contributed by atoms with Gasteiger partial charge in [-0.3, -0.25) is 4.79 Å². The topological polar surface area (TPSA) is 102 Å². The van der Waals surface area contributed by atoms with Crippen molar-refractivity contribution in [1.29, 1.82) is 0 Å². The number of aryl methyl sites for hydroxylation is 1. The Morgan fingerprint density at radius 1 is 1.19 bits per heavy atom. The van der Waals surface area contributed by atoms with Crippen LogP contribution >= 0.6 is 0 Å². The van der Waals surface area contributed by atoms with Crippen LogP contribution in [0.25, 0.3) is 5.69 Å². The Hall–Kier alpha value is -3.57. The first-order valence-electron chi connectivity index (χ1n) is 9.49. The quantitative estimate of drug-likeness (QED) is 0.610. The lowest BCUT2D eigenvalue weighted by Crippen LogP contribution is -2.43. The summed E-state index contributed by atoms with van der Waals surface area (Å²) in [4.78, 5) is 27.9. The minimum Gasteiger partial charge on any atom is -0.352 e. The van der Waals surface area contributed by atoms with E-state index in [1.54, 1.807) is 30.9 Å². The number of likely N-dealkylation sites (N-methyl/N-ethyl adjacent to an activating group) is 1. The molecule has 0 aromatic carbocycles. The summed E-state index contributed by atoms with van der Waals surface area (Å²) in [6.45, 7) is 6.02. The van der Waals surface area contributed by atoms with Crippen molar-refractivity contribution in [3.8, 4) is 5.69 Å². The molecule has 0 aliphatic carbocycles. The largest absolute Gasteiger partial charge is 0.419 e. The van der Waals surface area contributed by atoms with Gasteiger partial charge in [-0.15, -0.1) is 4.80 Å². The SMILES string of the molecule is CCN(C(=O)c1nc(C)ccc1-n1nccn1)C(C)CNc1ncc(C(F)(F)F)cn1. The van der Waals surface area contributed by atoms with Crippen molar-refractivity contribution in [2.45, 2.75) is 33.0 Å². The first-order valence-corrected chi connectivity index (χ1v) is 9.49. The predicted molar refractivity (Wildman–Crippen MR) is 106 cm³/mol. The molecule has 164 valence electrons. The first kappa shape index (κ1) is 22.1. The molecule has 0 aliphatic heterocycles. The first-order chi connectivity index (χ1) is 14.7. The summed E-state index contributed by atoms with van der Waals surface area (Å²) in [6.07, 6.45) is -0.0741. The standard InChI is InChI=1S/C19H21F3N8O/c1-4-29(13(3)9-23-18-24-10-14(11-25-18)19(20,21)22)17(31)16-15(6-5-12(2)28-16)30-26-7-8-27-30/h5-8,10-11,13H,4,9H2,1-3H3,(H,23,24,25). The zero-order chi connectivity index (χ0) is 22.6. The Balaban J connectivity index is 1.74. The number of alkyl halides is 3. The Labute approximate surface area is 176 Å². The highest BCUT2D eigenvalue weighted by Gasteiger charge is 2.31. The van der Waals surface area contributed by atoms with Gasteiger partial charge in [0.05, 0.1) is 18.0 Å². The van der Waals surface area contributed by atoms with Crippen molar-refractivity contribution in [3.05, 3.63) is 53.9 Å². The molecule has 3 heterocycles. The van der Waals surface area contributed by atoms with Crippen LogP contribution in [0.3, 0.4) is 0 Å². The van der Waals surface area contributed by atoms with Gasteiger partial charge in [-0.1, -0.05) is 0 Å². The van der Waals surface area contributed by atoms with Gasteiger partial charge in [0.25, 0.3) is 5.91 Å². The van der Waals surface area contributed by atoms with Crippen molar-refractivity contribution in [1.82, 2.24) is 34.8 Å². The van der Waals surface area contributed by atoms with Gasteiger partial charge in [0.15, 0.2) is 5.69 Å². The van der Waals surface area contributed by atoms with E-state index in [2.05, 4.69) is 30.5 Å². The highest BCUT2D eigenvalue weighted by Crippen LogP contribution is 2.28. The lowest BCUT2D eigenvalue weighted by Gasteiger charge is -2.28. The molecule has 3 aromatic rings. The number of amides is 1. The molecule has 0 radical (unpaired) electrons. The number of hydrogen-bond acceptors (Lipinski definition) is 7. The number of anilines is 1. The molecule has 1 amide bonds. The van der Waals surface area contributed by atoms with E-state index in [9.17, 15) is 18.0 Å². The van der Waals surface area contributed by atoms with Gasteiger partial charge in [0.2, 0.25) is 5.95 Å². The normalized spacial score (nSPS) is 12.5. The summed E-state index contributed by atoms with van der Waals surface area (Å²) in [5.74, 6) is -0.278. The summed E-state index contributed by atoms with van der Waals surface area (Å²) in [6, 6.07) is 3.16. The maximum atomic E-state index is 13.3. The molecule has 0 bridgehead atoms. The molecule has 1 N–H and O–H groups in total. The summed E-state index contributed by atoms with van der Waals surface area (Å²) in [7, 11) is 0. The highest BCUT2D eigenvalue weighted by atomic mass is 19.4. The van der Waals surface area contributed by atoms with Gasteiger partial charge in [-0.05, 0) is 32.9 Å². The smallest absolute Gasteiger partial charge is 0.352 e. The van der Waals surface area contributed by atoms with Gasteiger partial charge in [-0.25, -0.2) is 15.0 Å². The number of pyridine rings is 1. The number of carbonyl (C=O) groups is 1. The molecule has 3 aromatic heterocycles. The second-order valence-electron chi connectivity index (χ2n) is 6.75. The van der Waals surface area contributed by atoms with Crippen LogP contribution in [-0.2, 0) is 6.18 Å². The lowest BCUT2D eigenvalue weighted by molar-refractivity contribution is -0.138. The van der Waals surface area contributed by atoms with Gasteiger partial charge in [0.1, 0.15) is 5.69 Å². The molecule has 31 heavy (non-hydrogen) atoms. The van der Waals surface area contributed by atoms with E-state index in [-0.39, 0.29) is 30.1 Å². The predicted octanol–water partition coefficient (Wildman–Crippen LogP) is 2.74. The number of halogens is 3. The van der Waals surface area contributed by atoms with Crippen LogP contribution in [0.1, 0.15) is 35.6 Å². The van der Waals surface area contributed by atoms with Crippen LogP contribution in [-0.4, -0.2) is 59.9 Å². The molecular weight excluding hydrogens is 413 g/mol. The number of carbonyl (C=O) groups excluding carboxylic acids is 1. The lowest BCUT2D eigenvalue weighted by atomic mass is 10.2. The molecule has 0 fully saturated rings. The van der Waals surface area contributed by atoms with Crippen molar-refractivity contribution in [2.24, 2.45) is 0 Å². The van der Waals surface area contributed by atoms with E-state index >= 15 is 0 Å². The average molecular weight is 434 g/mol. The molecule has 9 nitrogen and oxygen atoms in total. The molecule has 0 aliphatic rings. The van der Waals surface area contributed by atoms with Crippen LogP contribution in [0, 0.1) is 6.92 Å². The van der Waals surface area contributed by atoms with Gasteiger partial charge >= 0.3 is 6.18 Å². The van der Waals surface area contributed by atoms with Crippen LogP contribution in [0.4, 0.5) is 19.1 Å². The zero-order valence-corrected chi connectivity index (χ0v) is 17.1. The van der Waals surface area contributed by atoms with Crippen LogP contribution in [0.2, 0.25) is 0 Å². The Kier molecular flexibility index (Phi) is 6.47. The second-order valence-corrected chi connectivity index (χ2v) is 6.75. The van der Waals surface area contributed by atoms with Gasteiger partial charge in [0, 0.05) is 37.2 Å². The fourth-order valence-corrected chi connectivity index (χ4v) is 2.91. The molecule has 1 unspecified atom stereocenters. The van der Waals surface area contributed by atoms with Crippen LogP contribution in [0.5, 0.6) is 0 Å². The maximum absolute atomic E-state index is 13.3. The van der Waals surface area contributed by atoms with E-state index in [4.69, 9.17) is 0 Å². The number of nitrogens with one attached hydrogen (secondary N) is 1. The fourth-order valence-electron chi connectivity index (χ4n) is 2.91. The summed E-state index contributed by atoms with van der Waals surface area (Å²) in [5, 5.41) is 11.0. The van der Waals surface area contributed by atoms with Gasteiger partial charge in [-0.2, -0.15) is 23.4 Å². The third-order valence-electron chi connectivity index (χ3n) is 4.52. The van der Waals surface area contributed by atoms with E-state index in [0.717, 1.165) is 0 Å². The summed E-state index contributed by atoms with van der Waals surface area (Å²) in [5.41, 5.74) is 0.391. The van der Waals surface area contributed by atoms with E-state index in [1.807, 2.05) is 6.92 Å². The minimum absolute atomic E-state index is 0.0402. The Morgan fingerprint density at radius 3 is 2.42 bits per heavy atom. The van der Waals surface area contributed by atoms with Crippen LogP contribution in [0.15, 0.2) is 36.9 Å². The maximum Gasteiger partial charge on any atom is 0.419 e. The monoisotopic (exact) mass is 434 g/mol. The summed E-state index contributed by atoms with van der Waals surface area (Å²) >= 11 is 0. The van der Waals surface area contributed by atoms with E-state index in [1.165, 1.54) is 17.2 Å². The van der Waals surface area contributed by atoms with Crippen molar-refractivity contribution in [2.75, 3.05) is 18.4 Å². The Morgan fingerprint density at radius 2 is 1.84 bits per heavy atom. The fraction of sp³-hybridized carbons (Fsp3) is 0.368. The zero-order valence-electron chi connectivity index (χ0n) is 17.1. The number of aromatic nitrogens is 6. The van der Waals surface area contributed by atoms with E-state index < -0.39 is 11.7 Å². The van der Waals surface area contributed by atoms with E-state index in [0.29, 0.717) is 30.3 Å². The van der Waals surface area contributed by atoms with Crippen LogP contribution < -0.4 is 5.32 Å². The molecule has 0 spiro atoms. The minimum atomic E-state index is -4.50. The average Bonchev–Trinajstić information content (AvgIpc) is 3.27. The van der Waals surface area contributed by atoms with Gasteiger partial charge < -0.3 is 10.2 Å². The highest BCUT2D eigenvalue weighted by molar-refractivity contribution is 5.96. The number of rotatable bonds is 7. The van der Waals surface area contributed by atoms with Crippen molar-refractivity contribution in [3.63, 3.8) is 0 Å². The molecule has 0 saturated heterocycles. The third kappa shape index (κ3) is 5.13. The Bertz CT molecular complexity index is 1020. The molecular formula is C19H21F3N8O. The molecule has 3 rings (SSSR count). The molecule has 12 heteroatoms. The third-order valence-corrected chi connectivity index (χ3v) is 4.52. The second kappa shape index (κ2) is 9.06. The van der Waals surface area contributed by atoms with Crippen molar-refractivity contribution < 1.29 is 18.0 Å². The molecule has 1 atom stereocenters.